The van der Waals surface area contributed by atoms with Gasteiger partial charge < -0.3 is 20.2 Å². The first-order valence-electron chi connectivity index (χ1n) is 6.65. The van der Waals surface area contributed by atoms with Gasteiger partial charge in [0.2, 0.25) is 0 Å². The first kappa shape index (κ1) is 15.6. The summed E-state index contributed by atoms with van der Waals surface area (Å²) < 4.78 is 5.38. The Hall–Kier alpha value is -1.49. The molecular weight excluding hydrogens is 244 g/mol. The van der Waals surface area contributed by atoms with Gasteiger partial charge in [0, 0.05) is 18.7 Å². The Labute approximate surface area is 114 Å². The van der Waals surface area contributed by atoms with Gasteiger partial charge in [-0.2, -0.15) is 0 Å². The van der Waals surface area contributed by atoms with Gasteiger partial charge in [-0.25, -0.2) is 4.79 Å². The standard InChI is InChI=1S/C14H24N2O3/c1-9(2)13(17)5-6-15-14(18)16-8-12-7-10(3)19-11(12)4/h7,9,13,17H,5-6,8H2,1-4H3,(H2,15,16,18). The minimum absolute atomic E-state index is 0.210. The zero-order valence-electron chi connectivity index (χ0n) is 12.1. The van der Waals surface area contributed by atoms with Gasteiger partial charge in [0.05, 0.1) is 6.10 Å². The number of amides is 2. The van der Waals surface area contributed by atoms with E-state index in [0.29, 0.717) is 19.5 Å². The molecule has 0 bridgehead atoms. The van der Waals surface area contributed by atoms with Crippen LogP contribution >= 0.6 is 0 Å². The summed E-state index contributed by atoms with van der Waals surface area (Å²) >= 11 is 0. The number of aliphatic hydroxyl groups is 1. The molecule has 108 valence electrons. The number of aryl methyl sites for hydroxylation is 2. The molecule has 5 nitrogen and oxygen atoms in total. The Morgan fingerprint density at radius 3 is 2.58 bits per heavy atom. The molecule has 1 atom stereocenters. The fourth-order valence-corrected chi connectivity index (χ4v) is 1.76. The van der Waals surface area contributed by atoms with Crippen LogP contribution in [0.1, 0.15) is 37.4 Å². The second kappa shape index (κ2) is 7.19. The molecule has 3 N–H and O–H groups in total. The Kier molecular flexibility index (Phi) is 5.89. The molecule has 1 rings (SSSR count). The number of rotatable bonds is 6. The summed E-state index contributed by atoms with van der Waals surface area (Å²) in [4.78, 5) is 11.6. The number of furan rings is 1. The normalized spacial score (nSPS) is 12.5. The maximum atomic E-state index is 11.6. The maximum absolute atomic E-state index is 11.6. The van der Waals surface area contributed by atoms with Gasteiger partial charge in [0.15, 0.2) is 0 Å². The van der Waals surface area contributed by atoms with Crippen molar-refractivity contribution >= 4 is 6.03 Å². The van der Waals surface area contributed by atoms with Crippen molar-refractivity contribution in [3.05, 3.63) is 23.2 Å². The van der Waals surface area contributed by atoms with Gasteiger partial charge in [0.1, 0.15) is 11.5 Å². The van der Waals surface area contributed by atoms with Crippen molar-refractivity contribution in [1.82, 2.24) is 10.6 Å². The van der Waals surface area contributed by atoms with Gasteiger partial charge in [-0.05, 0) is 32.3 Å². The number of urea groups is 1. The van der Waals surface area contributed by atoms with Crippen LogP contribution in [0.4, 0.5) is 4.79 Å². The van der Waals surface area contributed by atoms with Crippen LogP contribution in [-0.4, -0.2) is 23.8 Å². The molecule has 2 amide bonds. The molecule has 0 saturated carbocycles. The average molecular weight is 268 g/mol. The summed E-state index contributed by atoms with van der Waals surface area (Å²) in [6.07, 6.45) is 0.189. The van der Waals surface area contributed by atoms with Crippen molar-refractivity contribution < 1.29 is 14.3 Å². The van der Waals surface area contributed by atoms with E-state index in [4.69, 9.17) is 4.42 Å². The number of hydrogen-bond donors (Lipinski definition) is 3. The lowest BCUT2D eigenvalue weighted by Gasteiger charge is -2.14. The third kappa shape index (κ3) is 5.34. The third-order valence-electron chi connectivity index (χ3n) is 3.08. The van der Waals surface area contributed by atoms with Crippen LogP contribution in [0.25, 0.3) is 0 Å². The quantitative estimate of drug-likeness (QED) is 0.739. The molecule has 1 heterocycles. The van der Waals surface area contributed by atoms with E-state index in [9.17, 15) is 9.90 Å². The Bertz CT molecular complexity index is 413. The molecular formula is C14H24N2O3. The van der Waals surface area contributed by atoms with Gasteiger partial charge >= 0.3 is 6.03 Å². The van der Waals surface area contributed by atoms with Crippen molar-refractivity contribution in [2.75, 3.05) is 6.54 Å². The van der Waals surface area contributed by atoms with Crippen molar-refractivity contribution in [2.24, 2.45) is 5.92 Å². The minimum atomic E-state index is -0.376. The number of carbonyl (C=O) groups is 1. The number of aliphatic hydroxyl groups excluding tert-OH is 1. The molecule has 1 aromatic heterocycles. The number of hydrogen-bond acceptors (Lipinski definition) is 3. The lowest BCUT2D eigenvalue weighted by atomic mass is 10.0. The first-order valence-corrected chi connectivity index (χ1v) is 6.65. The predicted molar refractivity (Wildman–Crippen MR) is 73.9 cm³/mol. The van der Waals surface area contributed by atoms with Crippen molar-refractivity contribution in [1.29, 1.82) is 0 Å². The molecule has 0 radical (unpaired) electrons. The van der Waals surface area contributed by atoms with Crippen LogP contribution in [0.2, 0.25) is 0 Å². The topological polar surface area (TPSA) is 74.5 Å². The molecule has 19 heavy (non-hydrogen) atoms. The SMILES string of the molecule is Cc1cc(CNC(=O)NCCC(O)C(C)C)c(C)o1. The van der Waals surface area contributed by atoms with E-state index in [1.54, 1.807) is 0 Å². The number of nitrogens with one attached hydrogen (secondary N) is 2. The van der Waals surface area contributed by atoms with Crippen LogP contribution in [0.15, 0.2) is 10.5 Å². The highest BCUT2D eigenvalue weighted by Crippen LogP contribution is 2.12. The highest BCUT2D eigenvalue weighted by Gasteiger charge is 2.10. The summed E-state index contributed by atoms with van der Waals surface area (Å²) in [5.41, 5.74) is 0.981. The van der Waals surface area contributed by atoms with E-state index in [2.05, 4.69) is 10.6 Å². The summed E-state index contributed by atoms with van der Waals surface area (Å²) in [6, 6.07) is 1.69. The largest absolute Gasteiger partial charge is 0.466 e. The van der Waals surface area contributed by atoms with Crippen molar-refractivity contribution in [3.8, 4) is 0 Å². The van der Waals surface area contributed by atoms with E-state index in [0.717, 1.165) is 17.1 Å². The summed E-state index contributed by atoms with van der Waals surface area (Å²) in [6.45, 7) is 8.57. The highest BCUT2D eigenvalue weighted by atomic mass is 16.3. The second-order valence-corrected chi connectivity index (χ2v) is 5.15. The monoisotopic (exact) mass is 268 g/mol. The van der Waals surface area contributed by atoms with Crippen LogP contribution < -0.4 is 10.6 Å². The summed E-state index contributed by atoms with van der Waals surface area (Å²) in [5.74, 6) is 1.88. The fourth-order valence-electron chi connectivity index (χ4n) is 1.76. The Morgan fingerprint density at radius 1 is 1.37 bits per heavy atom. The first-order chi connectivity index (χ1) is 8.90. The molecule has 5 heteroatoms. The van der Waals surface area contributed by atoms with Gasteiger partial charge in [-0.3, -0.25) is 0 Å². The lowest BCUT2D eigenvalue weighted by Crippen LogP contribution is -2.37. The van der Waals surface area contributed by atoms with Crippen LogP contribution in [0.5, 0.6) is 0 Å². The van der Waals surface area contributed by atoms with Crippen molar-refractivity contribution in [3.63, 3.8) is 0 Å². The molecule has 0 spiro atoms. The van der Waals surface area contributed by atoms with E-state index in [1.165, 1.54) is 0 Å². The van der Waals surface area contributed by atoms with E-state index < -0.39 is 0 Å². The molecule has 1 aromatic rings. The molecule has 0 saturated heterocycles. The Morgan fingerprint density at radius 2 is 2.05 bits per heavy atom. The van der Waals surface area contributed by atoms with Crippen molar-refractivity contribution in [2.45, 2.75) is 46.8 Å². The molecule has 1 unspecified atom stereocenters. The number of carbonyl (C=O) groups excluding carboxylic acids is 1. The lowest BCUT2D eigenvalue weighted by molar-refractivity contribution is 0.116. The van der Waals surface area contributed by atoms with E-state index in [-0.39, 0.29) is 18.1 Å². The molecule has 0 aromatic carbocycles. The van der Waals surface area contributed by atoms with Gasteiger partial charge in [-0.1, -0.05) is 13.8 Å². The summed E-state index contributed by atoms with van der Waals surface area (Å²) in [7, 11) is 0. The van der Waals surface area contributed by atoms with E-state index >= 15 is 0 Å². The zero-order chi connectivity index (χ0) is 14.4. The Balaban J connectivity index is 2.23. The van der Waals surface area contributed by atoms with E-state index in [1.807, 2.05) is 33.8 Å². The molecule has 0 aliphatic carbocycles. The zero-order valence-corrected chi connectivity index (χ0v) is 12.1. The average Bonchev–Trinajstić information content (AvgIpc) is 2.65. The molecule has 0 aliphatic heterocycles. The van der Waals surface area contributed by atoms with Gasteiger partial charge in [-0.15, -0.1) is 0 Å². The molecule has 0 aliphatic rings. The predicted octanol–water partition coefficient (Wildman–Crippen LogP) is 2.10. The minimum Gasteiger partial charge on any atom is -0.466 e. The van der Waals surface area contributed by atoms with Crippen LogP contribution in [0, 0.1) is 19.8 Å². The van der Waals surface area contributed by atoms with Gasteiger partial charge in [0.25, 0.3) is 0 Å². The second-order valence-electron chi connectivity index (χ2n) is 5.15. The maximum Gasteiger partial charge on any atom is 0.315 e. The third-order valence-corrected chi connectivity index (χ3v) is 3.08. The smallest absolute Gasteiger partial charge is 0.315 e. The highest BCUT2D eigenvalue weighted by molar-refractivity contribution is 5.73. The summed E-state index contributed by atoms with van der Waals surface area (Å²) in [5, 5.41) is 15.1. The van der Waals surface area contributed by atoms with Crippen LogP contribution in [-0.2, 0) is 6.54 Å². The molecule has 0 fully saturated rings. The van der Waals surface area contributed by atoms with Crippen LogP contribution in [0.3, 0.4) is 0 Å². The fraction of sp³-hybridized carbons (Fsp3) is 0.643.